The lowest BCUT2D eigenvalue weighted by molar-refractivity contribution is 0.628. The predicted octanol–water partition coefficient (Wildman–Crippen LogP) is 2.83. The quantitative estimate of drug-likeness (QED) is 0.629. The largest absolute Gasteiger partial charge is 0.369 e. The molecule has 0 radical (unpaired) electrons. The van der Waals surface area contributed by atoms with Crippen LogP contribution in [0.3, 0.4) is 0 Å². The Morgan fingerprint density at radius 3 is 2.74 bits per heavy atom. The predicted molar refractivity (Wildman–Crippen MR) is 75.2 cm³/mol. The molecule has 19 heavy (non-hydrogen) atoms. The van der Waals surface area contributed by atoms with Crippen molar-refractivity contribution >= 4 is 17.3 Å². The van der Waals surface area contributed by atoms with Crippen LogP contribution in [0.25, 0.3) is 0 Å². The van der Waals surface area contributed by atoms with E-state index in [4.69, 9.17) is 5.73 Å². The Hall–Kier alpha value is -2.36. The van der Waals surface area contributed by atoms with Crippen LogP contribution in [-0.2, 0) is 6.42 Å². The number of benzene rings is 2. The second-order valence-electron chi connectivity index (χ2n) is 4.48. The van der Waals surface area contributed by atoms with E-state index in [1.165, 1.54) is 12.1 Å². The molecule has 0 saturated carbocycles. The van der Waals surface area contributed by atoms with E-state index in [2.05, 4.69) is 4.99 Å². The number of nitrogens with zero attached hydrogens (tertiary/aromatic N) is 2. The Morgan fingerprint density at radius 1 is 1.16 bits per heavy atom. The van der Waals surface area contributed by atoms with Crippen LogP contribution in [0.4, 0.5) is 15.8 Å². The lowest BCUT2D eigenvalue weighted by Gasteiger charge is -2.18. The minimum atomic E-state index is -0.252. The summed E-state index contributed by atoms with van der Waals surface area (Å²) in [5.41, 5.74) is 8.75. The Kier molecular flexibility index (Phi) is 2.91. The lowest BCUT2D eigenvalue weighted by Crippen LogP contribution is -2.35. The summed E-state index contributed by atoms with van der Waals surface area (Å²) in [6.45, 7) is 0.737. The Labute approximate surface area is 111 Å². The molecule has 0 aromatic heterocycles. The fourth-order valence-corrected chi connectivity index (χ4v) is 2.29. The van der Waals surface area contributed by atoms with Crippen LogP contribution in [0.5, 0.6) is 0 Å². The number of rotatable bonds is 1. The molecule has 0 spiro atoms. The van der Waals surface area contributed by atoms with Gasteiger partial charge in [-0.2, -0.15) is 0 Å². The van der Waals surface area contributed by atoms with Crippen molar-refractivity contribution in [2.24, 2.45) is 10.7 Å². The third-order valence-corrected chi connectivity index (χ3v) is 3.22. The van der Waals surface area contributed by atoms with E-state index >= 15 is 0 Å². The summed E-state index contributed by atoms with van der Waals surface area (Å²) in [6, 6.07) is 14.3. The normalized spacial score (nSPS) is 14.6. The third kappa shape index (κ3) is 2.29. The number of para-hydroxylation sites is 1. The van der Waals surface area contributed by atoms with Gasteiger partial charge in [-0.3, -0.25) is 0 Å². The smallest absolute Gasteiger partial charge is 0.201 e. The zero-order valence-corrected chi connectivity index (χ0v) is 10.4. The highest BCUT2D eigenvalue weighted by Gasteiger charge is 2.22. The zero-order valence-electron chi connectivity index (χ0n) is 10.4. The molecule has 0 bridgehead atoms. The molecule has 4 heteroatoms. The van der Waals surface area contributed by atoms with Crippen LogP contribution in [-0.4, -0.2) is 12.5 Å². The molecule has 0 aliphatic carbocycles. The van der Waals surface area contributed by atoms with Crippen molar-refractivity contribution in [1.29, 1.82) is 0 Å². The summed E-state index contributed by atoms with van der Waals surface area (Å²) in [7, 11) is 0. The van der Waals surface area contributed by atoms with E-state index in [1.54, 1.807) is 6.07 Å². The van der Waals surface area contributed by atoms with Gasteiger partial charge in [0.05, 0.1) is 5.69 Å². The van der Waals surface area contributed by atoms with Gasteiger partial charge in [0.25, 0.3) is 0 Å². The number of aliphatic imine (C=N–C) groups is 1. The first-order valence-corrected chi connectivity index (χ1v) is 6.19. The van der Waals surface area contributed by atoms with E-state index in [0.29, 0.717) is 5.96 Å². The molecule has 3 rings (SSSR count). The van der Waals surface area contributed by atoms with Crippen LogP contribution < -0.4 is 10.6 Å². The van der Waals surface area contributed by atoms with E-state index in [-0.39, 0.29) is 5.82 Å². The molecule has 96 valence electrons. The summed E-state index contributed by atoms with van der Waals surface area (Å²) < 4.78 is 13.3. The second kappa shape index (κ2) is 4.72. The molecule has 2 aromatic rings. The van der Waals surface area contributed by atoms with Crippen molar-refractivity contribution in [3.8, 4) is 0 Å². The van der Waals surface area contributed by atoms with Crippen LogP contribution in [0, 0.1) is 5.82 Å². The molecule has 1 aliphatic rings. The van der Waals surface area contributed by atoms with Gasteiger partial charge in [-0.1, -0.05) is 24.3 Å². The van der Waals surface area contributed by atoms with Crippen LogP contribution in [0.15, 0.2) is 53.5 Å². The molecular formula is C15H14FN3. The van der Waals surface area contributed by atoms with E-state index in [0.717, 1.165) is 29.9 Å². The molecule has 1 heterocycles. The monoisotopic (exact) mass is 255 g/mol. The summed E-state index contributed by atoms with van der Waals surface area (Å²) in [6.07, 6.45) is 0.862. The van der Waals surface area contributed by atoms with E-state index in [9.17, 15) is 4.39 Å². The minimum Gasteiger partial charge on any atom is -0.369 e. The lowest BCUT2D eigenvalue weighted by atomic mass is 10.2. The van der Waals surface area contributed by atoms with Crippen LogP contribution in [0.1, 0.15) is 5.56 Å². The average Bonchev–Trinajstić information content (AvgIpc) is 2.82. The first kappa shape index (κ1) is 11.7. The molecule has 1 aliphatic heterocycles. The number of nitrogens with two attached hydrogens (primary N) is 1. The highest BCUT2D eigenvalue weighted by atomic mass is 19.1. The molecule has 2 N–H and O–H groups in total. The summed E-state index contributed by atoms with van der Waals surface area (Å²) in [5.74, 6) is 0.147. The molecule has 0 saturated heterocycles. The highest BCUT2D eigenvalue weighted by molar-refractivity contribution is 5.98. The maximum atomic E-state index is 13.3. The molecule has 0 fully saturated rings. The van der Waals surface area contributed by atoms with E-state index in [1.807, 2.05) is 35.2 Å². The van der Waals surface area contributed by atoms with Crippen molar-refractivity contribution in [3.05, 3.63) is 59.9 Å². The number of halogens is 1. The Morgan fingerprint density at radius 2 is 1.95 bits per heavy atom. The Bertz CT molecular complexity index is 623. The fraction of sp³-hybridized carbons (Fsp3) is 0.133. The maximum Gasteiger partial charge on any atom is 0.201 e. The zero-order chi connectivity index (χ0) is 13.2. The van der Waals surface area contributed by atoms with Gasteiger partial charge < -0.3 is 10.6 Å². The Balaban J connectivity index is 1.93. The first-order chi connectivity index (χ1) is 9.24. The molecule has 0 amide bonds. The van der Waals surface area contributed by atoms with E-state index < -0.39 is 0 Å². The van der Waals surface area contributed by atoms with Crippen molar-refractivity contribution in [1.82, 2.24) is 0 Å². The molecule has 3 nitrogen and oxygen atoms in total. The molecule has 2 aromatic carbocycles. The van der Waals surface area contributed by atoms with Gasteiger partial charge >= 0.3 is 0 Å². The van der Waals surface area contributed by atoms with Crippen molar-refractivity contribution in [2.75, 3.05) is 11.4 Å². The summed E-state index contributed by atoms with van der Waals surface area (Å²) in [4.78, 5) is 6.22. The maximum absolute atomic E-state index is 13.3. The topological polar surface area (TPSA) is 41.6 Å². The average molecular weight is 255 g/mol. The SMILES string of the molecule is NC(=Nc1ccccc1)N1CCc2ccc(F)cc21. The standard InChI is InChI=1S/C15H14FN3/c16-12-7-6-11-8-9-19(14(11)10-12)15(17)18-13-4-2-1-3-5-13/h1-7,10H,8-9H2,(H2,17,18). The van der Waals surface area contributed by atoms with Gasteiger partial charge in [0.1, 0.15) is 5.82 Å². The van der Waals surface area contributed by atoms with Crippen LogP contribution >= 0.6 is 0 Å². The van der Waals surface area contributed by atoms with Crippen LogP contribution in [0.2, 0.25) is 0 Å². The van der Waals surface area contributed by atoms with Crippen molar-refractivity contribution < 1.29 is 4.39 Å². The van der Waals surface area contributed by atoms with Gasteiger partial charge in [0.2, 0.25) is 5.96 Å². The van der Waals surface area contributed by atoms with Gasteiger partial charge in [-0.05, 0) is 36.2 Å². The molecule has 0 atom stereocenters. The third-order valence-electron chi connectivity index (χ3n) is 3.22. The molecule has 0 unspecified atom stereocenters. The first-order valence-electron chi connectivity index (χ1n) is 6.19. The second-order valence-corrected chi connectivity index (χ2v) is 4.48. The van der Waals surface area contributed by atoms with Crippen molar-refractivity contribution in [3.63, 3.8) is 0 Å². The number of hydrogen-bond donors (Lipinski definition) is 1. The highest BCUT2D eigenvalue weighted by Crippen LogP contribution is 2.28. The number of guanidine groups is 1. The van der Waals surface area contributed by atoms with Crippen molar-refractivity contribution in [2.45, 2.75) is 6.42 Å². The van der Waals surface area contributed by atoms with Gasteiger partial charge in [0, 0.05) is 12.2 Å². The van der Waals surface area contributed by atoms with Gasteiger partial charge in [-0.25, -0.2) is 9.38 Å². The fourth-order valence-electron chi connectivity index (χ4n) is 2.29. The number of anilines is 1. The number of fused-ring (bicyclic) bond motifs is 1. The minimum absolute atomic E-state index is 0.252. The van der Waals surface area contributed by atoms with Gasteiger partial charge in [-0.15, -0.1) is 0 Å². The summed E-state index contributed by atoms with van der Waals surface area (Å²) in [5, 5.41) is 0. The number of hydrogen-bond acceptors (Lipinski definition) is 1. The van der Waals surface area contributed by atoms with Gasteiger partial charge in [0.15, 0.2) is 0 Å². The molecular weight excluding hydrogens is 241 g/mol. The summed E-state index contributed by atoms with van der Waals surface area (Å²) >= 11 is 0.